The van der Waals surface area contributed by atoms with Gasteiger partial charge in [0.05, 0.1) is 17.5 Å². The first-order valence-corrected chi connectivity index (χ1v) is 8.90. The van der Waals surface area contributed by atoms with E-state index in [-0.39, 0.29) is 6.42 Å². The molecule has 2 N–H and O–H groups in total. The van der Waals surface area contributed by atoms with Crippen LogP contribution in [-0.2, 0) is 10.5 Å². The molecule has 3 heterocycles. The number of halogens is 3. The van der Waals surface area contributed by atoms with E-state index >= 15 is 0 Å². The third-order valence-electron chi connectivity index (χ3n) is 5.16. The highest BCUT2D eigenvalue weighted by molar-refractivity contribution is 5.75. The number of alkyl halides is 3. The van der Waals surface area contributed by atoms with Gasteiger partial charge in [-0.15, -0.1) is 0 Å². The summed E-state index contributed by atoms with van der Waals surface area (Å²) in [6.45, 7) is 2.38. The lowest BCUT2D eigenvalue weighted by atomic mass is 9.88. The Morgan fingerprint density at radius 2 is 1.96 bits per heavy atom. The van der Waals surface area contributed by atoms with Crippen LogP contribution in [0.15, 0.2) is 42.6 Å². The smallest absolute Gasteiger partial charge is 0.367 e. The third-order valence-corrected chi connectivity index (χ3v) is 5.16. The van der Waals surface area contributed by atoms with Crippen molar-refractivity contribution in [1.29, 1.82) is 0 Å². The number of ether oxygens (including phenoxy) is 1. The summed E-state index contributed by atoms with van der Waals surface area (Å²) in [5.74, 6) is 0. The lowest BCUT2D eigenvalue weighted by Gasteiger charge is -2.40. The fourth-order valence-corrected chi connectivity index (χ4v) is 3.63. The van der Waals surface area contributed by atoms with E-state index in [2.05, 4.69) is 10.3 Å². The molecule has 0 bridgehead atoms. The highest BCUT2D eigenvalue weighted by Crippen LogP contribution is 2.45. The van der Waals surface area contributed by atoms with Crippen molar-refractivity contribution in [3.05, 3.63) is 65.1 Å². The molecular formula is C20H20F3N3O2. The molecule has 0 radical (unpaired) electrons. The van der Waals surface area contributed by atoms with Crippen molar-refractivity contribution in [2.45, 2.75) is 38.3 Å². The molecule has 2 atom stereocenters. The first-order valence-electron chi connectivity index (χ1n) is 8.90. The number of hydrogen-bond donors (Lipinski definition) is 2. The third kappa shape index (κ3) is 3.22. The highest BCUT2D eigenvalue weighted by Gasteiger charge is 2.42. The zero-order chi connectivity index (χ0) is 20.1. The van der Waals surface area contributed by atoms with Crippen LogP contribution in [0.4, 0.5) is 18.9 Å². The average molecular weight is 391 g/mol. The van der Waals surface area contributed by atoms with E-state index in [1.54, 1.807) is 42.6 Å². The van der Waals surface area contributed by atoms with Gasteiger partial charge in [-0.2, -0.15) is 13.2 Å². The predicted molar refractivity (Wildman–Crippen MR) is 98.0 cm³/mol. The molecular weight excluding hydrogens is 371 g/mol. The summed E-state index contributed by atoms with van der Waals surface area (Å²) < 4.78 is 45.4. The molecule has 0 saturated heterocycles. The molecule has 1 aliphatic rings. The van der Waals surface area contributed by atoms with Gasteiger partial charge in [0.25, 0.3) is 0 Å². The van der Waals surface area contributed by atoms with Crippen molar-refractivity contribution in [3.63, 3.8) is 0 Å². The van der Waals surface area contributed by atoms with Crippen LogP contribution < -0.4 is 5.32 Å². The largest absolute Gasteiger partial charge is 0.411 e. The Labute approximate surface area is 159 Å². The maximum absolute atomic E-state index is 12.8. The number of rotatable bonds is 3. The number of aryl methyl sites for hydroxylation is 2. The first kappa shape index (κ1) is 18.8. The minimum absolute atomic E-state index is 0.0606. The summed E-state index contributed by atoms with van der Waals surface area (Å²) in [5, 5.41) is 14.4. The van der Waals surface area contributed by atoms with Gasteiger partial charge in [0.1, 0.15) is 6.61 Å². The number of nitrogens with zero attached hydrogens (tertiary/aromatic N) is 2. The van der Waals surface area contributed by atoms with E-state index in [1.165, 1.54) is 0 Å². The Hall–Kier alpha value is -2.58. The molecule has 8 heteroatoms. The molecule has 0 amide bonds. The number of anilines is 1. The van der Waals surface area contributed by atoms with E-state index in [9.17, 15) is 18.3 Å². The Balaban J connectivity index is 1.84. The zero-order valence-corrected chi connectivity index (χ0v) is 15.4. The summed E-state index contributed by atoms with van der Waals surface area (Å²) in [5.41, 5.74) is 2.24. The van der Waals surface area contributed by atoms with Gasteiger partial charge in [-0.3, -0.25) is 0 Å². The van der Waals surface area contributed by atoms with Gasteiger partial charge in [-0.1, -0.05) is 30.3 Å². The van der Waals surface area contributed by atoms with Crippen LogP contribution in [0.5, 0.6) is 0 Å². The number of hydrogen-bond acceptors (Lipinski definition) is 4. The van der Waals surface area contributed by atoms with E-state index in [4.69, 9.17) is 4.74 Å². The number of imidazole rings is 1. The molecule has 4 rings (SSSR count). The van der Waals surface area contributed by atoms with E-state index in [0.29, 0.717) is 22.5 Å². The standard InChI is InChI=1S/C20H20F3N3O2/c1-12-13(2)26-9-8-15-16(28-11-20(21,22)23)10-19(27,14-6-4-3-5-7-14)25-17(15)18(26)24-12/h3-9,16,25,27H,10-11H2,1-2H3/t16-,19+/m0/s1. The summed E-state index contributed by atoms with van der Waals surface area (Å²) in [7, 11) is 0. The molecule has 2 aromatic heterocycles. The Morgan fingerprint density at radius 1 is 1.25 bits per heavy atom. The van der Waals surface area contributed by atoms with Crippen molar-refractivity contribution < 1.29 is 23.0 Å². The average Bonchev–Trinajstić information content (AvgIpc) is 2.95. The van der Waals surface area contributed by atoms with Crippen LogP contribution in [0.2, 0.25) is 0 Å². The van der Waals surface area contributed by atoms with Crippen LogP contribution in [0.25, 0.3) is 5.65 Å². The van der Waals surface area contributed by atoms with Gasteiger partial charge in [-0.05, 0) is 19.9 Å². The fourth-order valence-electron chi connectivity index (χ4n) is 3.63. The summed E-state index contributed by atoms with van der Waals surface area (Å²) in [4.78, 5) is 4.54. The molecule has 28 heavy (non-hydrogen) atoms. The second kappa shape index (κ2) is 6.49. The van der Waals surface area contributed by atoms with E-state index < -0.39 is 24.6 Å². The molecule has 1 aliphatic heterocycles. The number of benzene rings is 1. The SMILES string of the molecule is Cc1nc2c3c(ccn2c1C)[C@@H](OCC(F)(F)F)C[C@@](O)(c1ccccc1)N3. The van der Waals surface area contributed by atoms with Crippen molar-refractivity contribution in [1.82, 2.24) is 9.38 Å². The predicted octanol–water partition coefficient (Wildman–Crippen LogP) is 4.23. The van der Waals surface area contributed by atoms with Crippen LogP contribution in [0, 0.1) is 13.8 Å². The van der Waals surface area contributed by atoms with Crippen molar-refractivity contribution in [2.24, 2.45) is 0 Å². The zero-order valence-electron chi connectivity index (χ0n) is 15.4. The van der Waals surface area contributed by atoms with E-state index in [0.717, 1.165) is 11.4 Å². The van der Waals surface area contributed by atoms with Crippen molar-refractivity contribution in [3.8, 4) is 0 Å². The Morgan fingerprint density at radius 3 is 2.64 bits per heavy atom. The lowest BCUT2D eigenvalue weighted by Crippen LogP contribution is -2.41. The summed E-state index contributed by atoms with van der Waals surface area (Å²) in [6.07, 6.45) is -3.69. The molecule has 3 aromatic rings. The van der Waals surface area contributed by atoms with Gasteiger partial charge >= 0.3 is 6.18 Å². The second-order valence-corrected chi connectivity index (χ2v) is 7.09. The Bertz CT molecular complexity index is 1020. The van der Waals surface area contributed by atoms with E-state index in [1.807, 2.05) is 18.2 Å². The normalized spacial score (nSPS) is 22.1. The lowest BCUT2D eigenvalue weighted by molar-refractivity contribution is -0.192. The van der Waals surface area contributed by atoms with Crippen molar-refractivity contribution in [2.75, 3.05) is 11.9 Å². The minimum atomic E-state index is -4.46. The molecule has 1 aromatic carbocycles. The monoisotopic (exact) mass is 391 g/mol. The van der Waals surface area contributed by atoms with Gasteiger partial charge in [0, 0.05) is 29.4 Å². The van der Waals surface area contributed by atoms with Crippen molar-refractivity contribution >= 4 is 11.3 Å². The fraction of sp³-hybridized carbons (Fsp3) is 0.350. The maximum atomic E-state index is 12.8. The number of fused-ring (bicyclic) bond motifs is 3. The van der Waals surface area contributed by atoms with Crippen LogP contribution in [0.1, 0.15) is 35.0 Å². The number of pyridine rings is 1. The number of aliphatic hydroxyl groups is 1. The second-order valence-electron chi connectivity index (χ2n) is 7.09. The molecule has 0 unspecified atom stereocenters. The van der Waals surface area contributed by atoms with Crippen LogP contribution in [0.3, 0.4) is 0 Å². The van der Waals surface area contributed by atoms with Gasteiger partial charge < -0.3 is 19.6 Å². The quantitative estimate of drug-likeness (QED) is 0.702. The van der Waals surface area contributed by atoms with Gasteiger partial charge in [0.2, 0.25) is 0 Å². The topological polar surface area (TPSA) is 58.8 Å². The molecule has 0 fully saturated rings. The summed E-state index contributed by atoms with van der Waals surface area (Å²) in [6, 6.07) is 10.5. The molecule has 5 nitrogen and oxygen atoms in total. The highest BCUT2D eigenvalue weighted by atomic mass is 19.4. The molecule has 148 valence electrons. The van der Waals surface area contributed by atoms with Crippen LogP contribution in [-0.4, -0.2) is 27.3 Å². The number of nitrogens with one attached hydrogen (secondary N) is 1. The first-order chi connectivity index (χ1) is 13.2. The summed E-state index contributed by atoms with van der Waals surface area (Å²) >= 11 is 0. The minimum Gasteiger partial charge on any atom is -0.367 e. The van der Waals surface area contributed by atoms with Gasteiger partial charge in [-0.25, -0.2) is 4.98 Å². The van der Waals surface area contributed by atoms with Crippen LogP contribution >= 0.6 is 0 Å². The molecule has 0 spiro atoms. The molecule has 0 aliphatic carbocycles. The Kier molecular flexibility index (Phi) is 4.35. The number of aromatic nitrogens is 2. The maximum Gasteiger partial charge on any atom is 0.411 e. The van der Waals surface area contributed by atoms with Gasteiger partial charge in [0.15, 0.2) is 11.4 Å². The molecule has 0 saturated carbocycles.